The number of aromatic nitrogens is 2. The van der Waals surface area contributed by atoms with Crippen molar-refractivity contribution in [3.05, 3.63) is 33.3 Å². The fourth-order valence-corrected chi connectivity index (χ4v) is 7.08. The lowest BCUT2D eigenvalue weighted by molar-refractivity contribution is -0.119. The van der Waals surface area contributed by atoms with Gasteiger partial charge < -0.3 is 9.84 Å². The molecule has 8 nitrogen and oxygen atoms in total. The van der Waals surface area contributed by atoms with Crippen molar-refractivity contribution in [2.45, 2.75) is 37.6 Å². The van der Waals surface area contributed by atoms with Crippen molar-refractivity contribution in [3.63, 3.8) is 0 Å². The van der Waals surface area contributed by atoms with Crippen LogP contribution in [0.4, 0.5) is 5.13 Å². The Morgan fingerprint density at radius 1 is 1.38 bits per heavy atom. The van der Waals surface area contributed by atoms with Gasteiger partial charge in [0.1, 0.15) is 16.6 Å². The first kappa shape index (κ1) is 20.5. The number of carbonyl (C=O) groups is 1. The topological polar surface area (TPSA) is 105 Å². The van der Waals surface area contributed by atoms with E-state index < -0.39 is 22.0 Å². The molecule has 1 aliphatic heterocycles. The summed E-state index contributed by atoms with van der Waals surface area (Å²) in [5, 5.41) is 8.72. The molecule has 0 bridgehead atoms. The van der Waals surface area contributed by atoms with Crippen LogP contribution in [0.2, 0.25) is 4.34 Å². The van der Waals surface area contributed by atoms with Crippen LogP contribution >= 0.6 is 34.3 Å². The van der Waals surface area contributed by atoms with Gasteiger partial charge in [0.05, 0.1) is 14.9 Å². The van der Waals surface area contributed by atoms with Crippen LogP contribution in [0.5, 0.6) is 0 Å². The molecule has 154 valence electrons. The Morgan fingerprint density at radius 2 is 2.17 bits per heavy atom. The molecule has 29 heavy (non-hydrogen) atoms. The number of nitrogens with zero attached hydrogens (tertiary/aromatic N) is 3. The molecule has 4 rings (SSSR count). The number of halogens is 1. The zero-order chi connectivity index (χ0) is 20.8. The second-order valence-electron chi connectivity index (χ2n) is 6.56. The highest BCUT2D eigenvalue weighted by Gasteiger charge is 2.42. The highest BCUT2D eigenvalue weighted by molar-refractivity contribution is 7.89. The van der Waals surface area contributed by atoms with E-state index in [9.17, 15) is 13.2 Å². The molecule has 0 unspecified atom stereocenters. The molecule has 3 aromatic rings. The second-order valence-corrected chi connectivity index (χ2v) is 11.0. The van der Waals surface area contributed by atoms with Crippen LogP contribution in [-0.2, 0) is 14.8 Å². The van der Waals surface area contributed by atoms with Crippen LogP contribution in [0.25, 0.3) is 10.6 Å². The average molecular weight is 473 g/mol. The molecular formula is C17H17ClN4O4S3. The third kappa shape index (κ3) is 3.84. The molecule has 3 aromatic heterocycles. The highest BCUT2D eigenvalue weighted by Crippen LogP contribution is 2.34. The quantitative estimate of drug-likeness (QED) is 0.603. The average Bonchev–Trinajstić information content (AvgIpc) is 3.42. The van der Waals surface area contributed by atoms with Gasteiger partial charge in [-0.25, -0.2) is 13.4 Å². The maximum atomic E-state index is 13.1. The van der Waals surface area contributed by atoms with Gasteiger partial charge in [0.25, 0.3) is 0 Å². The number of aryl methyl sites for hydroxylation is 2. The molecule has 0 saturated carbocycles. The van der Waals surface area contributed by atoms with Crippen molar-refractivity contribution in [3.8, 4) is 10.6 Å². The second kappa shape index (κ2) is 7.80. The van der Waals surface area contributed by atoms with Gasteiger partial charge in [-0.15, -0.1) is 22.7 Å². The number of hydrogen-bond acceptors (Lipinski definition) is 8. The maximum absolute atomic E-state index is 13.1. The minimum Gasteiger partial charge on any atom is -0.360 e. The van der Waals surface area contributed by atoms with E-state index in [1.54, 1.807) is 19.9 Å². The largest absolute Gasteiger partial charge is 0.360 e. The number of rotatable bonds is 5. The monoisotopic (exact) mass is 472 g/mol. The number of thiophene rings is 1. The number of hydrogen-bond donors (Lipinski definition) is 1. The van der Waals surface area contributed by atoms with Gasteiger partial charge in [0, 0.05) is 11.9 Å². The van der Waals surface area contributed by atoms with Crippen molar-refractivity contribution in [2.75, 3.05) is 11.9 Å². The summed E-state index contributed by atoms with van der Waals surface area (Å²) in [4.78, 5) is 18.2. The Labute approximate surface area is 180 Å². The summed E-state index contributed by atoms with van der Waals surface area (Å²) >= 11 is 8.64. The standard InChI is InChI=1S/C17H17ClN4O4S3/c1-9-15(10(2)26-21-9)29(24,25)22-7-3-4-12(22)16(23)20-17-19-11(8-27-17)13-5-6-14(18)28-13/h5-6,8,12H,3-4,7H2,1-2H3,(H,19,20,23)/t12-/m0/s1. The van der Waals surface area contributed by atoms with Crippen LogP contribution in [0, 0.1) is 13.8 Å². The lowest BCUT2D eigenvalue weighted by atomic mass is 10.2. The number of amides is 1. The first-order valence-electron chi connectivity index (χ1n) is 8.74. The van der Waals surface area contributed by atoms with Gasteiger partial charge in [-0.05, 0) is 38.8 Å². The molecule has 1 saturated heterocycles. The van der Waals surface area contributed by atoms with E-state index in [1.807, 2.05) is 11.4 Å². The molecule has 1 N–H and O–H groups in total. The third-order valence-electron chi connectivity index (χ3n) is 4.60. The summed E-state index contributed by atoms with van der Waals surface area (Å²) in [6, 6.07) is 2.84. The molecule has 1 fully saturated rings. The van der Waals surface area contributed by atoms with Crippen molar-refractivity contribution in [1.82, 2.24) is 14.4 Å². The van der Waals surface area contributed by atoms with Gasteiger partial charge in [0.15, 0.2) is 10.9 Å². The van der Waals surface area contributed by atoms with Crippen LogP contribution in [0.1, 0.15) is 24.3 Å². The zero-order valence-corrected chi connectivity index (χ0v) is 18.7. The Balaban J connectivity index is 1.53. The van der Waals surface area contributed by atoms with E-state index >= 15 is 0 Å². The lowest BCUT2D eigenvalue weighted by Gasteiger charge is -2.22. The minimum absolute atomic E-state index is 0.0308. The molecule has 12 heteroatoms. The van der Waals surface area contributed by atoms with E-state index in [4.69, 9.17) is 16.1 Å². The van der Waals surface area contributed by atoms with Crippen molar-refractivity contribution in [2.24, 2.45) is 0 Å². The Bertz CT molecular complexity index is 1150. The Kier molecular flexibility index (Phi) is 5.51. The summed E-state index contributed by atoms with van der Waals surface area (Å²) < 4.78 is 33.1. The smallest absolute Gasteiger partial charge is 0.249 e. The molecule has 1 aliphatic rings. The summed E-state index contributed by atoms with van der Waals surface area (Å²) in [5.74, 6) is -0.185. The molecule has 0 aliphatic carbocycles. The summed E-state index contributed by atoms with van der Waals surface area (Å²) in [5.41, 5.74) is 1.00. The molecule has 4 heterocycles. The van der Waals surface area contributed by atoms with Crippen molar-refractivity contribution < 1.29 is 17.7 Å². The van der Waals surface area contributed by atoms with Crippen molar-refractivity contribution in [1.29, 1.82) is 0 Å². The first-order valence-corrected chi connectivity index (χ1v) is 12.3. The van der Waals surface area contributed by atoms with Crippen LogP contribution < -0.4 is 5.32 Å². The van der Waals surface area contributed by atoms with Gasteiger partial charge in [-0.3, -0.25) is 4.79 Å². The van der Waals surface area contributed by atoms with E-state index in [-0.39, 0.29) is 22.9 Å². The van der Waals surface area contributed by atoms with E-state index in [0.717, 1.165) is 4.88 Å². The fourth-order valence-electron chi connectivity index (χ4n) is 3.33. The normalized spacial score (nSPS) is 17.7. The predicted molar refractivity (Wildman–Crippen MR) is 112 cm³/mol. The number of carbonyl (C=O) groups excluding carboxylic acids is 1. The fraction of sp³-hybridized carbons (Fsp3) is 0.353. The summed E-state index contributed by atoms with van der Waals surface area (Å²) in [6.45, 7) is 3.38. The highest BCUT2D eigenvalue weighted by atomic mass is 35.5. The number of thiazole rings is 1. The molecular weight excluding hydrogens is 456 g/mol. The number of nitrogens with one attached hydrogen (secondary N) is 1. The predicted octanol–water partition coefficient (Wildman–Crippen LogP) is 3.92. The first-order chi connectivity index (χ1) is 13.8. The van der Waals surface area contributed by atoms with Crippen molar-refractivity contribution >= 4 is 55.3 Å². The van der Waals surface area contributed by atoms with Crippen LogP contribution in [0.3, 0.4) is 0 Å². The van der Waals surface area contributed by atoms with E-state index in [1.165, 1.54) is 27.0 Å². The molecule has 1 amide bonds. The molecule has 0 radical (unpaired) electrons. The van der Waals surface area contributed by atoms with Gasteiger partial charge >= 0.3 is 0 Å². The minimum atomic E-state index is -3.89. The van der Waals surface area contributed by atoms with Gasteiger partial charge in [-0.1, -0.05) is 16.8 Å². The number of sulfonamides is 1. The summed E-state index contributed by atoms with van der Waals surface area (Å²) in [7, 11) is -3.89. The Morgan fingerprint density at radius 3 is 2.83 bits per heavy atom. The zero-order valence-electron chi connectivity index (χ0n) is 15.5. The third-order valence-corrected chi connectivity index (χ3v) is 8.77. The molecule has 0 aromatic carbocycles. The summed E-state index contributed by atoms with van der Waals surface area (Å²) in [6.07, 6.45) is 1.03. The maximum Gasteiger partial charge on any atom is 0.249 e. The molecule has 1 atom stereocenters. The van der Waals surface area contributed by atoms with Gasteiger partial charge in [0.2, 0.25) is 15.9 Å². The van der Waals surface area contributed by atoms with Gasteiger partial charge in [-0.2, -0.15) is 4.31 Å². The lowest BCUT2D eigenvalue weighted by Crippen LogP contribution is -2.43. The Hall–Kier alpha value is -1.79. The van der Waals surface area contributed by atoms with E-state index in [2.05, 4.69) is 15.5 Å². The van der Waals surface area contributed by atoms with Crippen LogP contribution in [0.15, 0.2) is 26.9 Å². The van der Waals surface area contributed by atoms with E-state index in [0.29, 0.717) is 28.0 Å². The van der Waals surface area contributed by atoms with Crippen LogP contribution in [-0.4, -0.2) is 41.4 Å². The molecule has 0 spiro atoms. The SMILES string of the molecule is Cc1noc(C)c1S(=O)(=O)N1CCC[C@H]1C(=O)Nc1nc(-c2ccc(Cl)s2)cs1. The number of anilines is 1.